The molecule has 148 valence electrons. The van der Waals surface area contributed by atoms with E-state index in [0.29, 0.717) is 29.0 Å². The smallest absolute Gasteiger partial charge is 0.323 e. The number of rotatable bonds is 6. The van der Waals surface area contributed by atoms with E-state index >= 15 is 0 Å². The molecule has 1 atom stereocenters. The molecule has 0 radical (unpaired) electrons. The first kappa shape index (κ1) is 18.6. The molecule has 9 heteroatoms. The van der Waals surface area contributed by atoms with Crippen molar-refractivity contribution >= 4 is 21.1 Å². The minimum absolute atomic E-state index is 0.0599. The van der Waals surface area contributed by atoms with Gasteiger partial charge in [0.25, 0.3) is 0 Å². The number of ether oxygens (including phenoxy) is 2. The van der Waals surface area contributed by atoms with Crippen molar-refractivity contribution in [2.75, 3.05) is 6.61 Å². The van der Waals surface area contributed by atoms with Gasteiger partial charge in [0.2, 0.25) is 10.0 Å². The summed E-state index contributed by atoms with van der Waals surface area (Å²) in [6, 6.07) is 8.18. The molecular formula is C19H21N3O5S. The zero-order valence-corrected chi connectivity index (χ0v) is 16.4. The number of fused-ring (bicyclic) bond motifs is 2. The number of hydrogen-bond acceptors (Lipinski definition) is 5. The highest BCUT2D eigenvalue weighted by Crippen LogP contribution is 2.35. The van der Waals surface area contributed by atoms with Crippen LogP contribution >= 0.6 is 0 Å². The first-order valence-corrected chi connectivity index (χ1v) is 10.5. The number of aromatic nitrogens is 2. The monoisotopic (exact) mass is 403 g/mol. The van der Waals surface area contributed by atoms with Crippen LogP contribution < -0.4 is 19.9 Å². The minimum Gasteiger partial charge on any atom is -0.494 e. The molecule has 0 spiro atoms. The molecule has 3 N–H and O–H groups in total. The molecule has 28 heavy (non-hydrogen) atoms. The number of imidazole rings is 1. The van der Waals surface area contributed by atoms with Crippen molar-refractivity contribution in [1.29, 1.82) is 0 Å². The summed E-state index contributed by atoms with van der Waals surface area (Å²) in [7, 11) is -3.78. The second kappa shape index (κ2) is 6.99. The van der Waals surface area contributed by atoms with Crippen molar-refractivity contribution in [2.45, 2.75) is 37.8 Å². The molecule has 0 saturated carbocycles. The van der Waals surface area contributed by atoms with Crippen LogP contribution in [0.2, 0.25) is 0 Å². The number of H-pyrrole nitrogens is 2. The van der Waals surface area contributed by atoms with E-state index in [0.717, 1.165) is 17.7 Å². The molecule has 3 aromatic rings. The van der Waals surface area contributed by atoms with Gasteiger partial charge in [-0.1, -0.05) is 0 Å². The number of aromatic amines is 2. The molecule has 2 aromatic carbocycles. The third kappa shape index (κ3) is 3.50. The summed E-state index contributed by atoms with van der Waals surface area (Å²) in [5.41, 5.74) is 2.36. The van der Waals surface area contributed by atoms with Crippen LogP contribution in [0.3, 0.4) is 0 Å². The van der Waals surface area contributed by atoms with Gasteiger partial charge in [-0.05, 0) is 44.2 Å². The number of sulfonamides is 1. The van der Waals surface area contributed by atoms with Gasteiger partial charge in [0.1, 0.15) is 17.6 Å². The Bertz CT molecular complexity index is 1200. The molecule has 1 aliphatic rings. The van der Waals surface area contributed by atoms with E-state index in [1.165, 1.54) is 12.1 Å². The highest BCUT2D eigenvalue weighted by Gasteiger charge is 2.23. The third-order valence-corrected chi connectivity index (χ3v) is 6.03. The standard InChI is InChI=1S/C19H21N3O5S/c1-3-26-17-7-12-6-11(2)27-18(12)8-13(17)10-20-28(24,25)14-4-5-15-16(9-14)22-19(23)21-15/h4-5,7-9,11,20H,3,6,10H2,1-2H3,(H2,21,22,23)/t11-/m0/s1. The molecule has 0 unspecified atom stereocenters. The molecule has 1 aliphatic heterocycles. The van der Waals surface area contributed by atoms with E-state index in [1.807, 2.05) is 26.0 Å². The Morgan fingerprint density at radius 3 is 2.79 bits per heavy atom. The zero-order chi connectivity index (χ0) is 19.9. The van der Waals surface area contributed by atoms with E-state index in [9.17, 15) is 13.2 Å². The van der Waals surface area contributed by atoms with E-state index in [4.69, 9.17) is 9.47 Å². The van der Waals surface area contributed by atoms with E-state index < -0.39 is 10.0 Å². The Morgan fingerprint density at radius 2 is 2.00 bits per heavy atom. The van der Waals surface area contributed by atoms with Crippen LogP contribution in [-0.2, 0) is 23.0 Å². The molecule has 0 saturated heterocycles. The maximum absolute atomic E-state index is 12.7. The molecule has 0 bridgehead atoms. The lowest BCUT2D eigenvalue weighted by molar-refractivity contribution is 0.254. The minimum atomic E-state index is -3.78. The summed E-state index contributed by atoms with van der Waals surface area (Å²) in [4.78, 5) is 16.6. The number of nitrogens with one attached hydrogen (secondary N) is 3. The molecule has 0 fully saturated rings. The summed E-state index contributed by atoms with van der Waals surface area (Å²) in [6.45, 7) is 4.41. The van der Waals surface area contributed by atoms with Gasteiger partial charge < -0.3 is 19.4 Å². The highest BCUT2D eigenvalue weighted by atomic mass is 32.2. The maximum atomic E-state index is 12.7. The zero-order valence-electron chi connectivity index (χ0n) is 15.5. The normalized spacial score (nSPS) is 16.1. The van der Waals surface area contributed by atoms with Gasteiger partial charge in [-0.25, -0.2) is 17.9 Å². The summed E-state index contributed by atoms with van der Waals surface area (Å²) < 4.78 is 39.5. The number of benzene rings is 2. The van der Waals surface area contributed by atoms with Crippen molar-refractivity contribution in [3.8, 4) is 11.5 Å². The molecule has 2 heterocycles. The first-order valence-electron chi connectivity index (χ1n) is 9.02. The van der Waals surface area contributed by atoms with Crippen LogP contribution in [0.25, 0.3) is 11.0 Å². The SMILES string of the molecule is CCOc1cc2c(cc1CNS(=O)(=O)c1ccc3[nH]c(=O)[nH]c3c1)O[C@@H](C)C2. The van der Waals surface area contributed by atoms with Gasteiger partial charge in [0.15, 0.2) is 0 Å². The fourth-order valence-corrected chi connectivity index (χ4v) is 4.38. The van der Waals surface area contributed by atoms with Crippen molar-refractivity contribution in [3.63, 3.8) is 0 Å². The van der Waals surface area contributed by atoms with Crippen LogP contribution in [-0.4, -0.2) is 31.1 Å². The van der Waals surface area contributed by atoms with Gasteiger partial charge in [-0.3, -0.25) is 0 Å². The fourth-order valence-electron chi connectivity index (χ4n) is 3.34. The topological polar surface area (TPSA) is 113 Å². The van der Waals surface area contributed by atoms with Gasteiger partial charge in [0.05, 0.1) is 22.5 Å². The summed E-state index contributed by atoms with van der Waals surface area (Å²) in [5, 5.41) is 0. The molecule has 4 rings (SSSR count). The van der Waals surface area contributed by atoms with Crippen LogP contribution in [0.4, 0.5) is 0 Å². The van der Waals surface area contributed by atoms with Gasteiger partial charge in [0, 0.05) is 24.1 Å². The fraction of sp³-hybridized carbons (Fsp3) is 0.316. The second-order valence-electron chi connectivity index (χ2n) is 6.74. The number of hydrogen-bond donors (Lipinski definition) is 3. The average molecular weight is 403 g/mol. The van der Waals surface area contributed by atoms with Crippen LogP contribution in [0.5, 0.6) is 11.5 Å². The molecular weight excluding hydrogens is 382 g/mol. The lowest BCUT2D eigenvalue weighted by Gasteiger charge is -2.13. The predicted molar refractivity (Wildman–Crippen MR) is 104 cm³/mol. The Hall–Kier alpha value is -2.78. The van der Waals surface area contributed by atoms with Crippen molar-refractivity contribution in [2.24, 2.45) is 0 Å². The van der Waals surface area contributed by atoms with Crippen LogP contribution in [0.15, 0.2) is 40.0 Å². The maximum Gasteiger partial charge on any atom is 0.323 e. The lowest BCUT2D eigenvalue weighted by atomic mass is 10.1. The van der Waals surface area contributed by atoms with Crippen LogP contribution in [0.1, 0.15) is 25.0 Å². The predicted octanol–water partition coefficient (Wildman–Crippen LogP) is 2.06. The Balaban J connectivity index is 1.60. The van der Waals surface area contributed by atoms with Crippen LogP contribution in [0, 0.1) is 0 Å². The first-order chi connectivity index (χ1) is 13.4. The van der Waals surface area contributed by atoms with Gasteiger partial charge in [-0.15, -0.1) is 0 Å². The van der Waals surface area contributed by atoms with E-state index in [1.54, 1.807) is 6.07 Å². The lowest BCUT2D eigenvalue weighted by Crippen LogP contribution is -2.23. The Kier molecular flexibility index (Phi) is 4.64. The Morgan fingerprint density at radius 1 is 1.21 bits per heavy atom. The quantitative estimate of drug-likeness (QED) is 0.583. The summed E-state index contributed by atoms with van der Waals surface area (Å²) in [5.74, 6) is 1.41. The highest BCUT2D eigenvalue weighted by molar-refractivity contribution is 7.89. The van der Waals surface area contributed by atoms with E-state index in [-0.39, 0.29) is 23.2 Å². The molecule has 1 aromatic heterocycles. The largest absolute Gasteiger partial charge is 0.494 e. The Labute approximate surface area is 161 Å². The van der Waals surface area contributed by atoms with Crippen molar-refractivity contribution < 1.29 is 17.9 Å². The average Bonchev–Trinajstić information content (AvgIpc) is 3.19. The van der Waals surface area contributed by atoms with E-state index in [2.05, 4.69) is 14.7 Å². The molecule has 0 aliphatic carbocycles. The second-order valence-corrected chi connectivity index (χ2v) is 8.51. The van der Waals surface area contributed by atoms with Gasteiger partial charge in [-0.2, -0.15) is 0 Å². The van der Waals surface area contributed by atoms with Crippen molar-refractivity contribution in [1.82, 2.24) is 14.7 Å². The van der Waals surface area contributed by atoms with Crippen molar-refractivity contribution in [3.05, 3.63) is 51.9 Å². The van der Waals surface area contributed by atoms with Gasteiger partial charge >= 0.3 is 5.69 Å². The summed E-state index contributed by atoms with van der Waals surface area (Å²) in [6.07, 6.45) is 0.891. The summed E-state index contributed by atoms with van der Waals surface area (Å²) >= 11 is 0. The third-order valence-electron chi connectivity index (χ3n) is 4.63. The molecule has 0 amide bonds. The molecule has 8 nitrogen and oxygen atoms in total.